The summed E-state index contributed by atoms with van der Waals surface area (Å²) < 4.78 is 45.5. The van der Waals surface area contributed by atoms with Crippen LogP contribution in [-0.4, -0.2) is 36.7 Å². The lowest BCUT2D eigenvalue weighted by atomic mass is 9.93. The molecule has 3 aromatic carbocycles. The third kappa shape index (κ3) is 8.60. The normalized spacial score (nSPS) is 13.1. The summed E-state index contributed by atoms with van der Waals surface area (Å²) in [5.41, 5.74) is 2.72. The minimum atomic E-state index is -4.64. The minimum Gasteiger partial charge on any atom is -0.497 e. The molecule has 0 spiro atoms. The zero-order valence-electron chi connectivity index (χ0n) is 23.5. The molecule has 8 nitrogen and oxygen atoms in total. The van der Waals surface area contributed by atoms with Crippen molar-refractivity contribution in [3.63, 3.8) is 0 Å². The average Bonchev–Trinajstić information content (AvgIpc) is 2.99. The van der Waals surface area contributed by atoms with Crippen molar-refractivity contribution < 1.29 is 37.4 Å². The molecule has 0 heterocycles. The van der Waals surface area contributed by atoms with Crippen LogP contribution in [0.4, 0.5) is 29.3 Å². The summed E-state index contributed by atoms with van der Waals surface area (Å²) in [6.07, 6.45) is 1.61. The van der Waals surface area contributed by atoms with Gasteiger partial charge < -0.3 is 20.5 Å². The smallest absolute Gasteiger partial charge is 0.416 e. The highest BCUT2D eigenvalue weighted by Crippen LogP contribution is 2.34. The van der Waals surface area contributed by atoms with Crippen LogP contribution < -0.4 is 20.3 Å². The summed E-state index contributed by atoms with van der Waals surface area (Å²) in [5.74, 6) is -1.52. The topological polar surface area (TPSA) is 108 Å². The molecule has 0 fully saturated rings. The van der Waals surface area contributed by atoms with Crippen molar-refractivity contribution in [2.24, 2.45) is 0 Å². The van der Waals surface area contributed by atoms with Gasteiger partial charge in [0.25, 0.3) is 5.91 Å². The van der Waals surface area contributed by atoms with Crippen molar-refractivity contribution in [3.05, 3.63) is 95.1 Å². The fraction of sp³-hybridized carbons (Fsp3) is 0.281. The van der Waals surface area contributed by atoms with E-state index in [9.17, 15) is 27.6 Å². The monoisotopic (exact) mass is 595 g/mol. The Morgan fingerprint density at radius 2 is 1.70 bits per heavy atom. The molecule has 0 saturated heterocycles. The fourth-order valence-electron chi connectivity index (χ4n) is 4.71. The molecule has 0 aliphatic heterocycles. The number of alkyl halides is 3. The van der Waals surface area contributed by atoms with Gasteiger partial charge in [-0.2, -0.15) is 13.2 Å². The Morgan fingerprint density at radius 3 is 2.30 bits per heavy atom. The molecular formula is C32H32F3N3O5. The van der Waals surface area contributed by atoms with Gasteiger partial charge in [-0.3, -0.25) is 14.5 Å². The largest absolute Gasteiger partial charge is 0.497 e. The number of allylic oxidation sites excluding steroid dienone is 2. The first kappa shape index (κ1) is 31.1. The zero-order chi connectivity index (χ0) is 31.0. The first-order valence-corrected chi connectivity index (χ1v) is 13.8. The number of nitrogens with zero attached hydrogens (tertiary/aromatic N) is 1. The molecule has 0 atom stereocenters. The van der Waals surface area contributed by atoms with Gasteiger partial charge in [0.2, 0.25) is 0 Å². The van der Waals surface area contributed by atoms with Crippen molar-refractivity contribution in [2.75, 3.05) is 23.9 Å². The Balaban J connectivity index is 1.59. The van der Waals surface area contributed by atoms with E-state index >= 15 is 0 Å². The third-order valence-corrected chi connectivity index (χ3v) is 6.99. The van der Waals surface area contributed by atoms with Gasteiger partial charge in [0.15, 0.2) is 0 Å². The second kappa shape index (κ2) is 13.9. The quantitative estimate of drug-likeness (QED) is 0.231. The maximum atomic E-state index is 13.6. The number of carbonyl (C=O) groups is 3. The molecule has 0 unspecified atom stereocenters. The number of carboxylic acid groups (broad SMARTS) is 1. The van der Waals surface area contributed by atoms with Crippen LogP contribution in [0.25, 0.3) is 5.57 Å². The highest BCUT2D eigenvalue weighted by molar-refractivity contribution is 6.02. The number of benzene rings is 3. The van der Waals surface area contributed by atoms with Crippen LogP contribution in [0.1, 0.15) is 59.2 Å². The van der Waals surface area contributed by atoms with Crippen LogP contribution in [0.2, 0.25) is 0 Å². The molecule has 0 saturated carbocycles. The van der Waals surface area contributed by atoms with Crippen molar-refractivity contribution in [3.8, 4) is 5.75 Å². The van der Waals surface area contributed by atoms with Gasteiger partial charge in [0.1, 0.15) is 5.75 Å². The molecule has 3 N–H and O–H groups in total. The van der Waals surface area contributed by atoms with Crippen LogP contribution in [-0.2, 0) is 17.5 Å². The van der Waals surface area contributed by atoms with Crippen molar-refractivity contribution in [1.29, 1.82) is 0 Å². The molecule has 43 heavy (non-hydrogen) atoms. The minimum absolute atomic E-state index is 0.0168. The lowest BCUT2D eigenvalue weighted by Crippen LogP contribution is -2.34. The Kier molecular flexibility index (Phi) is 10.1. The number of nitrogens with one attached hydrogen (secondary N) is 2. The molecule has 11 heteroatoms. The van der Waals surface area contributed by atoms with Gasteiger partial charge in [-0.05, 0) is 78.8 Å². The second-order valence-electron chi connectivity index (χ2n) is 10.1. The van der Waals surface area contributed by atoms with E-state index in [4.69, 9.17) is 9.84 Å². The standard InChI is InChI=1S/C32H32F3N3O5/c1-43-28-18-25(32(33,34)35)17-26(19-28)37-31(42)38(27-13-11-23(12-14-27)22-5-3-2-4-6-22)20-21-7-9-24(10-8-21)30(41)36-16-15-29(39)40/h5,7-14,17-19H,2-4,6,15-16,20H2,1H3,(H,36,41)(H,37,42)(H,39,40). The molecule has 0 bridgehead atoms. The van der Waals surface area contributed by atoms with Gasteiger partial charge in [-0.25, -0.2) is 4.79 Å². The van der Waals surface area contributed by atoms with Crippen LogP contribution in [0.15, 0.2) is 72.8 Å². The van der Waals surface area contributed by atoms with Gasteiger partial charge in [-0.1, -0.05) is 30.3 Å². The summed E-state index contributed by atoms with van der Waals surface area (Å²) >= 11 is 0. The van der Waals surface area contributed by atoms with Crippen LogP contribution in [0, 0.1) is 0 Å². The molecule has 4 rings (SSSR count). The van der Waals surface area contributed by atoms with Crippen molar-refractivity contribution in [2.45, 2.75) is 44.8 Å². The number of carbonyl (C=O) groups excluding carboxylic acids is 2. The number of aliphatic carboxylic acids is 1. The summed E-state index contributed by atoms with van der Waals surface area (Å²) in [5, 5.41) is 13.9. The zero-order valence-corrected chi connectivity index (χ0v) is 23.5. The SMILES string of the molecule is COc1cc(NC(=O)N(Cc2ccc(C(=O)NCCC(=O)O)cc2)c2ccc(C3=CCCCC3)cc2)cc(C(F)(F)F)c1. The van der Waals surface area contributed by atoms with E-state index < -0.39 is 29.6 Å². The molecule has 0 aromatic heterocycles. The summed E-state index contributed by atoms with van der Waals surface area (Å²) in [6, 6.07) is 16.2. The molecule has 226 valence electrons. The number of rotatable bonds is 10. The van der Waals surface area contributed by atoms with Gasteiger partial charge in [0, 0.05) is 29.5 Å². The molecule has 3 aromatic rings. The Bertz CT molecular complexity index is 1490. The first-order valence-electron chi connectivity index (χ1n) is 13.8. The van der Waals surface area contributed by atoms with E-state index in [1.165, 1.54) is 23.6 Å². The third-order valence-electron chi connectivity index (χ3n) is 6.99. The molecule has 1 aliphatic carbocycles. The van der Waals surface area contributed by atoms with Crippen molar-refractivity contribution >= 4 is 34.9 Å². The number of carboxylic acids is 1. The predicted octanol–water partition coefficient (Wildman–Crippen LogP) is 7.11. The number of amides is 3. The Morgan fingerprint density at radius 1 is 0.977 bits per heavy atom. The maximum absolute atomic E-state index is 13.6. The number of anilines is 2. The molecule has 3 amide bonds. The summed E-state index contributed by atoms with van der Waals surface area (Å²) in [6.45, 7) is 0.0297. The Labute approximate surface area is 247 Å². The van der Waals surface area contributed by atoms with E-state index in [1.807, 2.05) is 12.1 Å². The van der Waals surface area contributed by atoms with E-state index in [1.54, 1.807) is 36.4 Å². The number of methoxy groups -OCH3 is 1. The number of hydrogen-bond acceptors (Lipinski definition) is 4. The number of halogens is 3. The highest BCUT2D eigenvalue weighted by atomic mass is 19.4. The lowest BCUT2D eigenvalue weighted by Gasteiger charge is -2.25. The molecular weight excluding hydrogens is 563 g/mol. The van der Waals surface area contributed by atoms with E-state index in [0.29, 0.717) is 16.8 Å². The highest BCUT2D eigenvalue weighted by Gasteiger charge is 2.32. The second-order valence-corrected chi connectivity index (χ2v) is 10.1. The first-order chi connectivity index (χ1) is 20.5. The van der Waals surface area contributed by atoms with Crippen LogP contribution >= 0.6 is 0 Å². The van der Waals surface area contributed by atoms with Crippen LogP contribution in [0.5, 0.6) is 5.75 Å². The van der Waals surface area contributed by atoms with Crippen molar-refractivity contribution in [1.82, 2.24) is 5.32 Å². The fourth-order valence-corrected chi connectivity index (χ4v) is 4.71. The molecule has 0 radical (unpaired) electrons. The summed E-state index contributed by atoms with van der Waals surface area (Å²) in [4.78, 5) is 38.0. The van der Waals surface area contributed by atoms with Gasteiger partial charge in [-0.15, -0.1) is 0 Å². The summed E-state index contributed by atoms with van der Waals surface area (Å²) in [7, 11) is 1.24. The number of hydrogen-bond donors (Lipinski definition) is 3. The van der Waals surface area contributed by atoms with E-state index in [-0.39, 0.29) is 30.9 Å². The lowest BCUT2D eigenvalue weighted by molar-refractivity contribution is -0.138. The van der Waals surface area contributed by atoms with Gasteiger partial charge >= 0.3 is 18.2 Å². The van der Waals surface area contributed by atoms with E-state index in [2.05, 4.69) is 16.7 Å². The Hall–Kier alpha value is -4.80. The average molecular weight is 596 g/mol. The molecule has 1 aliphatic rings. The maximum Gasteiger partial charge on any atom is 0.416 e. The van der Waals surface area contributed by atoms with Crippen LogP contribution in [0.3, 0.4) is 0 Å². The van der Waals surface area contributed by atoms with Gasteiger partial charge in [0.05, 0.1) is 25.6 Å². The number of urea groups is 1. The van der Waals surface area contributed by atoms with E-state index in [0.717, 1.165) is 43.4 Å². The number of ether oxygens (including phenoxy) is 1. The predicted molar refractivity (Wildman–Crippen MR) is 157 cm³/mol.